The van der Waals surface area contributed by atoms with Gasteiger partial charge in [0.05, 0.1) is 24.9 Å². The van der Waals surface area contributed by atoms with Crippen molar-refractivity contribution >= 4 is 46.6 Å². The number of nitrogens with zero attached hydrogens (tertiary/aromatic N) is 1. The van der Waals surface area contributed by atoms with Crippen LogP contribution in [0.3, 0.4) is 0 Å². The molecule has 0 saturated carbocycles. The minimum absolute atomic E-state index is 0.0238. The van der Waals surface area contributed by atoms with Gasteiger partial charge in [0, 0.05) is 11.6 Å². The Morgan fingerprint density at radius 1 is 1.06 bits per heavy atom. The maximum absolute atomic E-state index is 13.4. The number of amides is 1. The average Bonchev–Trinajstić information content (AvgIpc) is 3.12. The van der Waals surface area contributed by atoms with E-state index >= 15 is 0 Å². The zero-order valence-corrected chi connectivity index (χ0v) is 19.9. The van der Waals surface area contributed by atoms with Gasteiger partial charge in [0.25, 0.3) is 5.91 Å². The van der Waals surface area contributed by atoms with E-state index in [1.54, 1.807) is 37.5 Å². The average molecular weight is 499 g/mol. The Morgan fingerprint density at radius 3 is 2.56 bits per heavy atom. The second-order valence-corrected chi connectivity index (χ2v) is 8.03. The number of rotatable bonds is 7. The molecule has 1 saturated heterocycles. The molecule has 0 unspecified atom stereocenters. The monoisotopic (exact) mass is 498 g/mol. The van der Waals surface area contributed by atoms with Gasteiger partial charge in [-0.3, -0.25) is 4.79 Å². The van der Waals surface area contributed by atoms with Crippen molar-refractivity contribution in [1.82, 2.24) is 5.32 Å². The third-order valence-corrected chi connectivity index (χ3v) is 5.68. The Balaban J connectivity index is 1.58. The molecule has 0 spiro atoms. The first kappa shape index (κ1) is 23.5. The van der Waals surface area contributed by atoms with E-state index in [2.05, 4.69) is 5.32 Å². The topological polar surface area (TPSA) is 60.0 Å². The van der Waals surface area contributed by atoms with Gasteiger partial charge in [-0.1, -0.05) is 29.8 Å². The predicted molar refractivity (Wildman–Crippen MR) is 133 cm³/mol. The van der Waals surface area contributed by atoms with E-state index < -0.39 is 5.82 Å². The van der Waals surface area contributed by atoms with E-state index in [0.29, 0.717) is 28.6 Å². The second-order valence-electron chi connectivity index (χ2n) is 7.24. The normalized spacial score (nSPS) is 14.4. The van der Waals surface area contributed by atoms with Gasteiger partial charge in [0.1, 0.15) is 35.4 Å². The van der Waals surface area contributed by atoms with Crippen molar-refractivity contribution in [2.45, 2.75) is 6.61 Å². The summed E-state index contributed by atoms with van der Waals surface area (Å²) in [4.78, 5) is 14.5. The molecule has 1 aliphatic heterocycles. The lowest BCUT2D eigenvalue weighted by atomic mass is 10.1. The van der Waals surface area contributed by atoms with Gasteiger partial charge in [0.15, 0.2) is 5.11 Å². The van der Waals surface area contributed by atoms with Crippen LogP contribution >= 0.6 is 23.8 Å². The molecule has 6 nitrogen and oxygen atoms in total. The zero-order chi connectivity index (χ0) is 24.2. The molecule has 9 heteroatoms. The van der Waals surface area contributed by atoms with Crippen LogP contribution in [0.2, 0.25) is 5.02 Å². The molecule has 0 bridgehead atoms. The molecule has 0 radical (unpaired) electrons. The lowest BCUT2D eigenvalue weighted by Crippen LogP contribution is -2.30. The van der Waals surface area contributed by atoms with E-state index in [9.17, 15) is 9.18 Å². The number of thiocarbonyl (C=S) groups is 1. The highest BCUT2D eigenvalue weighted by atomic mass is 35.5. The molecule has 34 heavy (non-hydrogen) atoms. The van der Waals surface area contributed by atoms with Gasteiger partial charge in [-0.15, -0.1) is 0 Å². The summed E-state index contributed by atoms with van der Waals surface area (Å²) in [6, 6.07) is 16.7. The molecule has 1 heterocycles. The van der Waals surface area contributed by atoms with Crippen molar-refractivity contribution < 1.29 is 23.4 Å². The van der Waals surface area contributed by atoms with E-state index in [-0.39, 0.29) is 22.6 Å². The van der Waals surface area contributed by atoms with Crippen molar-refractivity contribution in [2.75, 3.05) is 19.1 Å². The van der Waals surface area contributed by atoms with Crippen LogP contribution in [0.4, 0.5) is 10.1 Å². The lowest BCUT2D eigenvalue weighted by molar-refractivity contribution is -0.113. The van der Waals surface area contributed by atoms with Crippen molar-refractivity contribution in [2.24, 2.45) is 0 Å². The molecule has 3 aromatic carbocycles. The highest BCUT2D eigenvalue weighted by Gasteiger charge is 2.33. The Morgan fingerprint density at radius 2 is 1.82 bits per heavy atom. The van der Waals surface area contributed by atoms with Crippen molar-refractivity contribution in [3.8, 4) is 17.2 Å². The van der Waals surface area contributed by atoms with Crippen LogP contribution in [0.15, 0.2) is 66.4 Å². The lowest BCUT2D eigenvalue weighted by Gasteiger charge is -2.17. The van der Waals surface area contributed by atoms with E-state index in [1.165, 1.54) is 30.2 Å². The Labute approximate surface area is 206 Å². The summed E-state index contributed by atoms with van der Waals surface area (Å²) in [5.74, 6) is 0.735. The summed E-state index contributed by atoms with van der Waals surface area (Å²) in [7, 11) is 3.09. The molecule has 1 aliphatic rings. The van der Waals surface area contributed by atoms with Crippen LogP contribution in [-0.4, -0.2) is 25.2 Å². The number of halogens is 2. The number of methoxy groups -OCH3 is 2. The minimum atomic E-state index is -0.519. The molecule has 1 N–H and O–H groups in total. The number of ether oxygens (including phenoxy) is 3. The fourth-order valence-electron chi connectivity index (χ4n) is 3.46. The molecule has 174 valence electrons. The van der Waals surface area contributed by atoms with Gasteiger partial charge in [-0.25, -0.2) is 9.29 Å². The van der Waals surface area contributed by atoms with Crippen LogP contribution in [0.1, 0.15) is 11.1 Å². The van der Waals surface area contributed by atoms with E-state index in [0.717, 1.165) is 11.1 Å². The molecule has 1 fully saturated rings. The molecule has 3 aromatic rings. The predicted octanol–water partition coefficient (Wildman–Crippen LogP) is 5.34. The summed E-state index contributed by atoms with van der Waals surface area (Å²) in [6.45, 7) is 0.148. The Bertz CT molecular complexity index is 1300. The van der Waals surface area contributed by atoms with Crippen LogP contribution in [-0.2, 0) is 11.4 Å². The SMILES string of the molecule is COc1ccc(/C=C2/NC(=S)N(c3ccccc3OC)C2=O)cc1COc1ccc(F)c(Cl)c1. The van der Waals surface area contributed by atoms with Crippen LogP contribution in [0, 0.1) is 5.82 Å². The highest BCUT2D eigenvalue weighted by Crippen LogP contribution is 2.32. The number of para-hydroxylation sites is 2. The van der Waals surface area contributed by atoms with Crippen molar-refractivity contribution in [3.05, 3.63) is 88.3 Å². The van der Waals surface area contributed by atoms with Gasteiger partial charge in [0.2, 0.25) is 0 Å². The fraction of sp³-hybridized carbons (Fsp3) is 0.120. The van der Waals surface area contributed by atoms with Gasteiger partial charge in [-0.2, -0.15) is 0 Å². The number of hydrogen-bond acceptors (Lipinski definition) is 5. The third kappa shape index (κ3) is 4.83. The Hall–Kier alpha value is -3.62. The quantitative estimate of drug-likeness (QED) is 0.350. The molecule has 0 aliphatic carbocycles. The van der Waals surface area contributed by atoms with Crippen LogP contribution in [0.25, 0.3) is 6.08 Å². The fourth-order valence-corrected chi connectivity index (χ4v) is 3.93. The number of hydrogen-bond donors (Lipinski definition) is 1. The summed E-state index contributed by atoms with van der Waals surface area (Å²) in [5, 5.41) is 3.20. The minimum Gasteiger partial charge on any atom is -0.496 e. The molecular formula is C25H20ClFN2O4S. The second kappa shape index (κ2) is 10.1. The molecule has 0 atom stereocenters. The molecule has 0 aromatic heterocycles. The summed E-state index contributed by atoms with van der Waals surface area (Å²) in [6.07, 6.45) is 1.70. The van der Waals surface area contributed by atoms with E-state index in [1.807, 2.05) is 18.2 Å². The van der Waals surface area contributed by atoms with Crippen molar-refractivity contribution in [1.29, 1.82) is 0 Å². The molecule has 1 amide bonds. The number of nitrogens with one attached hydrogen (secondary N) is 1. The Kier molecular flexibility index (Phi) is 7.00. The number of carbonyl (C=O) groups excluding carboxylic acids is 1. The summed E-state index contributed by atoms with van der Waals surface area (Å²) < 4.78 is 30.0. The van der Waals surface area contributed by atoms with Crippen LogP contribution < -0.4 is 24.4 Å². The first-order valence-electron chi connectivity index (χ1n) is 10.2. The smallest absolute Gasteiger partial charge is 0.281 e. The summed E-state index contributed by atoms with van der Waals surface area (Å²) in [5.41, 5.74) is 2.33. The maximum Gasteiger partial charge on any atom is 0.281 e. The zero-order valence-electron chi connectivity index (χ0n) is 18.3. The summed E-state index contributed by atoms with van der Waals surface area (Å²) >= 11 is 11.2. The van der Waals surface area contributed by atoms with Gasteiger partial charge < -0.3 is 19.5 Å². The number of benzene rings is 3. The molecule has 4 rings (SSSR count). The number of anilines is 1. The number of carbonyl (C=O) groups is 1. The first-order valence-corrected chi connectivity index (χ1v) is 10.9. The van der Waals surface area contributed by atoms with E-state index in [4.69, 9.17) is 38.0 Å². The van der Waals surface area contributed by atoms with Crippen molar-refractivity contribution in [3.63, 3.8) is 0 Å². The van der Waals surface area contributed by atoms with Gasteiger partial charge >= 0.3 is 0 Å². The third-order valence-electron chi connectivity index (χ3n) is 5.11. The highest BCUT2D eigenvalue weighted by molar-refractivity contribution is 7.80. The van der Waals surface area contributed by atoms with Gasteiger partial charge in [-0.05, 0) is 60.3 Å². The largest absolute Gasteiger partial charge is 0.496 e. The molecular weight excluding hydrogens is 479 g/mol. The first-order chi connectivity index (χ1) is 16.4. The maximum atomic E-state index is 13.4. The van der Waals surface area contributed by atoms with Crippen LogP contribution in [0.5, 0.6) is 17.2 Å². The standard InChI is InChI=1S/C25H20ClFN2O4S/c1-31-22-10-7-15(11-16(22)14-33-17-8-9-19(27)18(26)13-17)12-20-24(30)29(25(34)28-20)21-5-3-4-6-23(21)32-2/h3-13H,14H2,1-2H3,(H,28,34)/b20-12+.